The minimum absolute atomic E-state index is 0.175. The maximum absolute atomic E-state index is 13.2. The lowest BCUT2D eigenvalue weighted by molar-refractivity contribution is -0.209. The van der Waals surface area contributed by atoms with Crippen molar-refractivity contribution in [3.8, 4) is 0 Å². The number of ether oxygens (including phenoxy) is 4. The third kappa shape index (κ3) is 8.30. The van der Waals surface area contributed by atoms with Gasteiger partial charge in [0, 0.05) is 5.88 Å². The van der Waals surface area contributed by atoms with Gasteiger partial charge >= 0.3 is 24.9 Å². The zero-order valence-corrected chi connectivity index (χ0v) is 21.1. The van der Waals surface area contributed by atoms with Crippen molar-refractivity contribution in [2.75, 3.05) is 5.88 Å². The van der Waals surface area contributed by atoms with Gasteiger partial charge in [0.2, 0.25) is 6.10 Å². The van der Waals surface area contributed by atoms with Gasteiger partial charge in [-0.15, -0.1) is 11.6 Å². The molecule has 0 aromatic heterocycles. The molecule has 0 saturated heterocycles. The number of hydrogen-bond donors (Lipinski definition) is 2. The van der Waals surface area contributed by atoms with Gasteiger partial charge in [-0.05, 0) is 46.5 Å². The highest BCUT2D eigenvalue weighted by Gasteiger charge is 2.67. The standard InChI is InChI=1S/C20H38ClO9P/c1-8-13(5)27-17(18(22)28-14(6)9-2)20(31(24,25)26,30-16(11-4)12-21)19(23)29-15(7)10-3/h13-17H,8-12H2,1-7H3,(H2,24,25,26). The van der Waals surface area contributed by atoms with Crippen LogP contribution in [0.3, 0.4) is 0 Å². The first kappa shape index (κ1) is 30.3. The van der Waals surface area contributed by atoms with Gasteiger partial charge in [-0.1, -0.05) is 27.7 Å². The van der Waals surface area contributed by atoms with Crippen molar-refractivity contribution < 1.29 is 42.9 Å². The van der Waals surface area contributed by atoms with Crippen molar-refractivity contribution in [2.45, 2.75) is 110 Å². The molecule has 0 heterocycles. The Morgan fingerprint density at radius 2 is 1.39 bits per heavy atom. The van der Waals surface area contributed by atoms with Crippen LogP contribution in [0.5, 0.6) is 0 Å². The van der Waals surface area contributed by atoms with Crippen LogP contribution in [-0.2, 0) is 33.1 Å². The molecule has 0 amide bonds. The van der Waals surface area contributed by atoms with Crippen LogP contribution in [0.1, 0.15) is 74.1 Å². The van der Waals surface area contributed by atoms with Gasteiger partial charge in [0.1, 0.15) is 0 Å². The van der Waals surface area contributed by atoms with E-state index in [1.54, 1.807) is 48.5 Å². The zero-order chi connectivity index (χ0) is 24.4. The fraction of sp³-hybridized carbons (Fsp3) is 0.900. The van der Waals surface area contributed by atoms with E-state index in [9.17, 15) is 23.9 Å². The van der Waals surface area contributed by atoms with Gasteiger partial charge in [-0.2, -0.15) is 0 Å². The summed E-state index contributed by atoms with van der Waals surface area (Å²) in [5, 5.41) is -3.07. The first-order chi connectivity index (χ1) is 14.3. The molecule has 2 N–H and O–H groups in total. The molecule has 184 valence electrons. The van der Waals surface area contributed by atoms with E-state index in [4.69, 9.17) is 30.5 Å². The molecule has 0 aromatic carbocycles. The Hall–Kier alpha value is -0.700. The highest BCUT2D eigenvalue weighted by atomic mass is 35.5. The SMILES string of the molecule is CCC(C)OC(=O)C(OC(C)CC)C(OC(CC)CCl)(C(=O)OC(C)CC)P(=O)(O)O. The second-order valence-electron chi connectivity index (χ2n) is 7.56. The Kier molecular flexibility index (Phi) is 13.4. The Morgan fingerprint density at radius 3 is 1.77 bits per heavy atom. The molecular weight excluding hydrogens is 451 g/mol. The van der Waals surface area contributed by atoms with E-state index in [1.165, 1.54) is 0 Å². The summed E-state index contributed by atoms with van der Waals surface area (Å²) < 4.78 is 34.8. The fourth-order valence-corrected chi connectivity index (χ4v) is 3.70. The highest BCUT2D eigenvalue weighted by Crippen LogP contribution is 2.56. The van der Waals surface area contributed by atoms with Crippen molar-refractivity contribution in [2.24, 2.45) is 0 Å². The Labute approximate surface area is 190 Å². The van der Waals surface area contributed by atoms with Crippen molar-refractivity contribution in [3.63, 3.8) is 0 Å². The lowest BCUT2D eigenvalue weighted by atomic mass is 10.1. The van der Waals surface area contributed by atoms with Crippen molar-refractivity contribution in [1.82, 2.24) is 0 Å². The van der Waals surface area contributed by atoms with Crippen LogP contribution in [0.15, 0.2) is 0 Å². The Balaban J connectivity index is 6.79. The molecule has 0 aliphatic carbocycles. The third-order valence-corrected chi connectivity index (χ3v) is 6.72. The predicted octanol–water partition coefficient (Wildman–Crippen LogP) is 3.76. The van der Waals surface area contributed by atoms with Gasteiger partial charge in [0.25, 0.3) is 0 Å². The van der Waals surface area contributed by atoms with Crippen molar-refractivity contribution in [1.29, 1.82) is 0 Å². The number of alkyl halides is 1. The minimum atomic E-state index is -5.52. The van der Waals surface area contributed by atoms with Gasteiger partial charge in [-0.3, -0.25) is 4.57 Å². The molecule has 0 spiro atoms. The van der Waals surface area contributed by atoms with E-state index in [2.05, 4.69) is 0 Å². The van der Waals surface area contributed by atoms with E-state index in [-0.39, 0.29) is 12.3 Å². The summed E-state index contributed by atoms with van der Waals surface area (Å²) in [7, 11) is -5.52. The number of carbonyl (C=O) groups excluding carboxylic acids is 2. The maximum Gasteiger partial charge on any atom is 0.372 e. The first-order valence-corrected chi connectivity index (χ1v) is 12.8. The molecule has 0 bridgehead atoms. The number of halogens is 1. The van der Waals surface area contributed by atoms with E-state index in [1.807, 2.05) is 0 Å². The maximum atomic E-state index is 13.2. The number of hydrogen-bond acceptors (Lipinski definition) is 7. The van der Waals surface area contributed by atoms with Crippen LogP contribution in [0.25, 0.3) is 0 Å². The molecule has 0 saturated carbocycles. The summed E-state index contributed by atoms with van der Waals surface area (Å²) in [6.45, 7) is 11.7. The van der Waals surface area contributed by atoms with E-state index in [0.717, 1.165) is 0 Å². The van der Waals surface area contributed by atoms with Crippen LogP contribution in [-0.4, -0.2) is 63.5 Å². The van der Waals surface area contributed by atoms with Gasteiger partial charge < -0.3 is 28.7 Å². The quantitative estimate of drug-likeness (QED) is 0.201. The number of carbonyl (C=O) groups is 2. The van der Waals surface area contributed by atoms with E-state index < -0.39 is 55.4 Å². The summed E-state index contributed by atoms with van der Waals surface area (Å²) in [5.41, 5.74) is 0. The van der Waals surface area contributed by atoms with Gasteiger partial charge in [-0.25, -0.2) is 9.59 Å². The van der Waals surface area contributed by atoms with Crippen LogP contribution in [0.2, 0.25) is 0 Å². The van der Waals surface area contributed by atoms with E-state index >= 15 is 0 Å². The van der Waals surface area contributed by atoms with Gasteiger partial charge in [0.15, 0.2) is 0 Å². The summed E-state index contributed by atoms with van der Waals surface area (Å²) in [6.07, 6.45) is -3.48. The van der Waals surface area contributed by atoms with Crippen LogP contribution in [0.4, 0.5) is 0 Å². The minimum Gasteiger partial charge on any atom is -0.461 e. The molecule has 0 aliphatic rings. The third-order valence-electron chi connectivity index (χ3n) is 4.99. The molecule has 9 nitrogen and oxygen atoms in total. The van der Waals surface area contributed by atoms with Crippen LogP contribution < -0.4 is 0 Å². The van der Waals surface area contributed by atoms with Crippen molar-refractivity contribution >= 4 is 31.1 Å². The lowest BCUT2D eigenvalue weighted by Gasteiger charge is -2.40. The zero-order valence-electron chi connectivity index (χ0n) is 19.5. The largest absolute Gasteiger partial charge is 0.461 e. The summed E-state index contributed by atoms with van der Waals surface area (Å²) in [4.78, 5) is 47.1. The molecule has 6 unspecified atom stereocenters. The second-order valence-corrected chi connectivity index (χ2v) is 9.62. The predicted molar refractivity (Wildman–Crippen MR) is 117 cm³/mol. The number of esters is 2. The average molecular weight is 489 g/mol. The smallest absolute Gasteiger partial charge is 0.372 e. The van der Waals surface area contributed by atoms with Gasteiger partial charge in [0.05, 0.1) is 24.4 Å². The van der Waals surface area contributed by atoms with Crippen LogP contribution in [0, 0.1) is 0 Å². The molecule has 31 heavy (non-hydrogen) atoms. The normalized spacial score (nSPS) is 18.9. The fourth-order valence-electron chi connectivity index (χ4n) is 2.37. The molecule has 0 fully saturated rings. The van der Waals surface area contributed by atoms with Crippen molar-refractivity contribution in [3.05, 3.63) is 0 Å². The Bertz CT molecular complexity index is 607. The highest BCUT2D eigenvalue weighted by molar-refractivity contribution is 7.54. The first-order valence-electron chi connectivity index (χ1n) is 10.7. The molecule has 11 heteroatoms. The monoisotopic (exact) mass is 488 g/mol. The molecule has 0 rings (SSSR count). The summed E-state index contributed by atoms with van der Waals surface area (Å²) in [6, 6.07) is 0. The summed E-state index contributed by atoms with van der Waals surface area (Å²) in [5.74, 6) is -2.69. The van der Waals surface area contributed by atoms with Crippen LogP contribution >= 0.6 is 19.2 Å². The van der Waals surface area contributed by atoms with E-state index in [0.29, 0.717) is 19.3 Å². The lowest BCUT2D eigenvalue weighted by Crippen LogP contribution is -2.60. The molecule has 6 atom stereocenters. The Morgan fingerprint density at radius 1 is 0.903 bits per heavy atom. The summed E-state index contributed by atoms with van der Waals surface area (Å²) >= 11 is 5.90. The molecular formula is C20H38ClO9P. The second kappa shape index (κ2) is 13.8. The average Bonchev–Trinajstić information content (AvgIpc) is 2.71. The number of rotatable bonds is 15. The molecule has 0 aliphatic heterocycles. The topological polar surface area (TPSA) is 129 Å². The molecule has 0 aromatic rings. The molecule has 0 radical (unpaired) electrons.